The first-order chi connectivity index (χ1) is 12.8. The number of nitrogens with one attached hydrogen (secondary N) is 2. The summed E-state index contributed by atoms with van der Waals surface area (Å²) in [7, 11) is 0. The predicted molar refractivity (Wildman–Crippen MR) is 100 cm³/mol. The lowest BCUT2D eigenvalue weighted by molar-refractivity contribution is -0.125. The summed E-state index contributed by atoms with van der Waals surface area (Å²) in [4.78, 5) is 20.0. The number of thiazole rings is 1. The van der Waals surface area contributed by atoms with E-state index in [0.29, 0.717) is 26.2 Å². The van der Waals surface area contributed by atoms with Gasteiger partial charge in [0.2, 0.25) is 5.91 Å². The van der Waals surface area contributed by atoms with Crippen molar-refractivity contribution >= 4 is 28.1 Å². The third kappa shape index (κ3) is 3.95. The molecule has 0 saturated carbocycles. The number of amides is 1. The van der Waals surface area contributed by atoms with E-state index in [4.69, 9.17) is 9.47 Å². The van der Waals surface area contributed by atoms with Gasteiger partial charge in [-0.25, -0.2) is 4.98 Å². The maximum absolute atomic E-state index is 12.6. The Labute approximate surface area is 155 Å². The number of rotatable bonds is 6. The lowest BCUT2D eigenvalue weighted by Crippen LogP contribution is -2.50. The molecule has 2 atom stereocenters. The molecule has 136 valence electrons. The van der Waals surface area contributed by atoms with Gasteiger partial charge < -0.3 is 19.8 Å². The summed E-state index contributed by atoms with van der Waals surface area (Å²) in [5.74, 6) is -0.0208. The van der Waals surface area contributed by atoms with E-state index >= 15 is 0 Å². The molecule has 6 nitrogen and oxygen atoms in total. The van der Waals surface area contributed by atoms with Gasteiger partial charge in [-0.1, -0.05) is 18.2 Å². The molecular weight excluding hydrogens is 350 g/mol. The highest BCUT2D eigenvalue weighted by atomic mass is 32.1. The zero-order chi connectivity index (χ0) is 17.8. The first kappa shape index (κ1) is 17.2. The van der Waals surface area contributed by atoms with Gasteiger partial charge in [0, 0.05) is 29.1 Å². The predicted octanol–water partition coefficient (Wildman–Crippen LogP) is 2.66. The molecule has 3 aromatic rings. The number of aromatic amines is 1. The fourth-order valence-corrected chi connectivity index (χ4v) is 3.81. The summed E-state index contributed by atoms with van der Waals surface area (Å²) in [6, 6.07) is 7.85. The Morgan fingerprint density at radius 2 is 2.35 bits per heavy atom. The minimum atomic E-state index is -0.139. The molecule has 4 rings (SSSR count). The van der Waals surface area contributed by atoms with Crippen LogP contribution in [0.5, 0.6) is 0 Å². The SMILES string of the molecule is O=C(Cc1c[nH]c2ccccc12)N[C@@H]1COCC[C@@H]1OCc1cscn1. The fraction of sp³-hybridized carbons (Fsp3) is 0.368. The van der Waals surface area contributed by atoms with Crippen LogP contribution < -0.4 is 5.32 Å². The second kappa shape index (κ2) is 7.99. The van der Waals surface area contributed by atoms with E-state index in [9.17, 15) is 4.79 Å². The highest BCUT2D eigenvalue weighted by Gasteiger charge is 2.28. The number of fused-ring (bicyclic) bond motifs is 1. The zero-order valence-corrected chi connectivity index (χ0v) is 15.1. The van der Waals surface area contributed by atoms with Gasteiger partial charge in [0.05, 0.1) is 43.0 Å². The number of para-hydroxylation sites is 1. The molecule has 2 aromatic heterocycles. The smallest absolute Gasteiger partial charge is 0.224 e. The van der Waals surface area contributed by atoms with Crippen molar-refractivity contribution in [3.05, 3.63) is 52.6 Å². The van der Waals surface area contributed by atoms with Crippen LogP contribution in [0, 0.1) is 0 Å². The second-order valence-electron chi connectivity index (χ2n) is 6.40. The fourth-order valence-electron chi connectivity index (χ4n) is 3.26. The summed E-state index contributed by atoms with van der Waals surface area (Å²) < 4.78 is 11.5. The van der Waals surface area contributed by atoms with Gasteiger partial charge in [-0.15, -0.1) is 11.3 Å². The molecule has 1 aliphatic rings. The van der Waals surface area contributed by atoms with Gasteiger partial charge in [-0.3, -0.25) is 4.79 Å². The molecule has 1 aliphatic heterocycles. The molecular formula is C19H21N3O3S. The molecule has 1 saturated heterocycles. The number of nitrogens with zero attached hydrogens (tertiary/aromatic N) is 1. The Bertz CT molecular complexity index is 862. The lowest BCUT2D eigenvalue weighted by atomic mass is 10.1. The number of hydrogen-bond acceptors (Lipinski definition) is 5. The Balaban J connectivity index is 1.37. The number of H-pyrrole nitrogens is 1. The maximum atomic E-state index is 12.6. The largest absolute Gasteiger partial charge is 0.379 e. The van der Waals surface area contributed by atoms with E-state index in [-0.39, 0.29) is 18.1 Å². The Hall–Kier alpha value is -2.22. The molecule has 26 heavy (non-hydrogen) atoms. The normalized spacial score (nSPS) is 20.3. The van der Waals surface area contributed by atoms with Gasteiger partial charge in [-0.05, 0) is 18.1 Å². The number of hydrogen-bond donors (Lipinski definition) is 2. The van der Waals surface area contributed by atoms with Crippen LogP contribution in [-0.4, -0.2) is 41.2 Å². The molecule has 0 radical (unpaired) electrons. The van der Waals surface area contributed by atoms with Crippen LogP contribution in [0.25, 0.3) is 10.9 Å². The molecule has 1 fully saturated rings. The molecule has 3 heterocycles. The summed E-state index contributed by atoms with van der Waals surface area (Å²) in [5, 5.41) is 6.14. The van der Waals surface area contributed by atoms with Crippen molar-refractivity contribution in [1.82, 2.24) is 15.3 Å². The van der Waals surface area contributed by atoms with Crippen LogP contribution in [0.3, 0.4) is 0 Å². The van der Waals surface area contributed by atoms with Crippen LogP contribution in [0.1, 0.15) is 17.7 Å². The molecule has 0 unspecified atom stereocenters. The van der Waals surface area contributed by atoms with Gasteiger partial charge >= 0.3 is 0 Å². The number of ether oxygens (including phenoxy) is 2. The van der Waals surface area contributed by atoms with Crippen LogP contribution in [0.4, 0.5) is 0 Å². The highest BCUT2D eigenvalue weighted by Crippen LogP contribution is 2.19. The Morgan fingerprint density at radius 1 is 1.42 bits per heavy atom. The van der Waals surface area contributed by atoms with E-state index in [0.717, 1.165) is 28.6 Å². The van der Waals surface area contributed by atoms with Crippen molar-refractivity contribution < 1.29 is 14.3 Å². The summed E-state index contributed by atoms with van der Waals surface area (Å²) in [6.45, 7) is 1.58. The monoisotopic (exact) mass is 371 g/mol. The zero-order valence-electron chi connectivity index (χ0n) is 14.3. The van der Waals surface area contributed by atoms with E-state index in [1.165, 1.54) is 0 Å². The summed E-state index contributed by atoms with van der Waals surface area (Å²) in [5.41, 5.74) is 4.75. The van der Waals surface area contributed by atoms with E-state index in [1.807, 2.05) is 35.8 Å². The third-order valence-electron chi connectivity index (χ3n) is 4.59. The standard InChI is InChI=1S/C19H21N3O3S/c23-19(7-13-8-20-16-4-2-1-3-15(13)16)22-17-10-24-6-5-18(17)25-9-14-11-26-12-21-14/h1-4,8,11-12,17-18,20H,5-7,9-10H2,(H,22,23)/t17-,18+/m1/s1. The molecule has 1 amide bonds. The van der Waals surface area contributed by atoms with Crippen molar-refractivity contribution in [2.24, 2.45) is 0 Å². The number of aromatic nitrogens is 2. The van der Waals surface area contributed by atoms with Crippen molar-refractivity contribution in [3.8, 4) is 0 Å². The maximum Gasteiger partial charge on any atom is 0.224 e. The molecule has 2 N–H and O–H groups in total. The first-order valence-electron chi connectivity index (χ1n) is 8.70. The van der Waals surface area contributed by atoms with Gasteiger partial charge in [0.1, 0.15) is 0 Å². The Morgan fingerprint density at radius 3 is 3.23 bits per heavy atom. The Kier molecular flexibility index (Phi) is 5.29. The van der Waals surface area contributed by atoms with Crippen LogP contribution in [0.15, 0.2) is 41.4 Å². The van der Waals surface area contributed by atoms with E-state index in [1.54, 1.807) is 16.8 Å². The molecule has 0 aliphatic carbocycles. The van der Waals surface area contributed by atoms with Crippen molar-refractivity contribution in [1.29, 1.82) is 0 Å². The van der Waals surface area contributed by atoms with Crippen molar-refractivity contribution in [2.45, 2.75) is 31.6 Å². The average molecular weight is 371 g/mol. The van der Waals surface area contributed by atoms with Gasteiger partial charge in [0.15, 0.2) is 0 Å². The number of carbonyl (C=O) groups is 1. The van der Waals surface area contributed by atoms with E-state index < -0.39 is 0 Å². The van der Waals surface area contributed by atoms with Gasteiger partial charge in [0.25, 0.3) is 0 Å². The second-order valence-corrected chi connectivity index (χ2v) is 7.12. The highest BCUT2D eigenvalue weighted by molar-refractivity contribution is 7.07. The molecule has 0 bridgehead atoms. The van der Waals surface area contributed by atoms with Crippen molar-refractivity contribution in [3.63, 3.8) is 0 Å². The van der Waals surface area contributed by atoms with E-state index in [2.05, 4.69) is 15.3 Å². The minimum Gasteiger partial charge on any atom is -0.379 e. The quantitative estimate of drug-likeness (QED) is 0.698. The van der Waals surface area contributed by atoms with Crippen LogP contribution in [0.2, 0.25) is 0 Å². The molecule has 1 aromatic carbocycles. The lowest BCUT2D eigenvalue weighted by Gasteiger charge is -2.32. The summed E-state index contributed by atoms with van der Waals surface area (Å²) in [6.07, 6.45) is 2.94. The third-order valence-corrected chi connectivity index (χ3v) is 5.23. The number of carbonyl (C=O) groups excluding carboxylic acids is 1. The average Bonchev–Trinajstić information content (AvgIpc) is 3.31. The van der Waals surface area contributed by atoms with Crippen LogP contribution in [-0.2, 0) is 27.3 Å². The molecule has 0 spiro atoms. The summed E-state index contributed by atoms with van der Waals surface area (Å²) >= 11 is 1.55. The molecule has 7 heteroatoms. The van der Waals surface area contributed by atoms with Gasteiger partial charge in [-0.2, -0.15) is 0 Å². The minimum absolute atomic E-state index is 0.0208. The number of benzene rings is 1. The first-order valence-corrected chi connectivity index (χ1v) is 9.64. The van der Waals surface area contributed by atoms with Crippen LogP contribution >= 0.6 is 11.3 Å². The topological polar surface area (TPSA) is 76.2 Å². The van der Waals surface area contributed by atoms with Crippen molar-refractivity contribution in [2.75, 3.05) is 13.2 Å².